The third-order valence-corrected chi connectivity index (χ3v) is 1.80. The van der Waals surface area contributed by atoms with Crippen LogP contribution >= 0.6 is 11.8 Å². The van der Waals surface area contributed by atoms with Gasteiger partial charge in [0.1, 0.15) is 0 Å². The zero-order chi connectivity index (χ0) is 8.27. The molecule has 0 aromatic rings. The van der Waals surface area contributed by atoms with Gasteiger partial charge in [0.25, 0.3) is 0 Å². The summed E-state index contributed by atoms with van der Waals surface area (Å²) in [6.07, 6.45) is 0. The first-order valence-electron chi connectivity index (χ1n) is 3.30. The van der Waals surface area contributed by atoms with Crippen LogP contribution in [0.3, 0.4) is 0 Å². The fourth-order valence-corrected chi connectivity index (χ4v) is 1.02. The third kappa shape index (κ3) is 2.21. The van der Waals surface area contributed by atoms with Crippen molar-refractivity contribution in [2.75, 3.05) is 26.3 Å². The van der Waals surface area contributed by atoms with Crippen molar-refractivity contribution in [2.24, 2.45) is 5.73 Å². The zero-order valence-electron chi connectivity index (χ0n) is 5.99. The first-order chi connectivity index (χ1) is 5.22. The summed E-state index contributed by atoms with van der Waals surface area (Å²) >= 11 is 5.52. The Labute approximate surface area is 69.7 Å². The van der Waals surface area contributed by atoms with E-state index >= 15 is 0 Å². The number of carbonyl (C=O) groups is 1. The van der Waals surface area contributed by atoms with Gasteiger partial charge in [0.15, 0.2) is 0 Å². The summed E-state index contributed by atoms with van der Waals surface area (Å²) in [5.74, 6) is 0. The van der Waals surface area contributed by atoms with Crippen LogP contribution in [0.25, 0.3) is 0 Å². The summed E-state index contributed by atoms with van der Waals surface area (Å²) in [5, 5.41) is 1.63. The van der Waals surface area contributed by atoms with Crippen molar-refractivity contribution >= 4 is 17.8 Å². The van der Waals surface area contributed by atoms with Crippen molar-refractivity contribution in [3.63, 3.8) is 0 Å². The van der Waals surface area contributed by atoms with E-state index in [-0.39, 0.29) is 0 Å². The second-order valence-electron chi connectivity index (χ2n) is 2.16. The molecule has 0 atom stereocenters. The predicted molar refractivity (Wildman–Crippen MR) is 39.7 cm³/mol. The largest absolute Gasteiger partial charge is 0.379 e. The first kappa shape index (κ1) is 8.58. The number of halogens is 1. The average Bonchev–Trinajstić information content (AvgIpc) is 2.05. The fourth-order valence-electron chi connectivity index (χ4n) is 0.869. The summed E-state index contributed by atoms with van der Waals surface area (Å²) in [5.41, 5.74) is 4.94. The van der Waals surface area contributed by atoms with E-state index in [1.165, 1.54) is 0 Å². The number of urea groups is 1. The molecule has 6 heteroatoms. The van der Waals surface area contributed by atoms with Gasteiger partial charge < -0.3 is 10.5 Å². The van der Waals surface area contributed by atoms with Gasteiger partial charge in [-0.25, -0.2) is 4.79 Å². The molecule has 1 rings (SSSR count). The highest BCUT2D eigenvalue weighted by molar-refractivity contribution is 6.20. The van der Waals surface area contributed by atoms with Gasteiger partial charge in [-0.2, -0.15) is 9.54 Å². The predicted octanol–water partition coefficient (Wildman–Crippen LogP) is -0.232. The van der Waals surface area contributed by atoms with Gasteiger partial charge in [-0.15, -0.1) is 0 Å². The van der Waals surface area contributed by atoms with E-state index < -0.39 is 6.03 Å². The molecule has 1 aliphatic rings. The summed E-state index contributed by atoms with van der Waals surface area (Å²) in [6, 6.07) is -0.659. The number of hydrazine groups is 1. The molecule has 0 bridgehead atoms. The van der Waals surface area contributed by atoms with Crippen molar-refractivity contribution in [1.82, 2.24) is 9.54 Å². The zero-order valence-corrected chi connectivity index (χ0v) is 6.75. The molecule has 64 valence electrons. The maximum Gasteiger partial charge on any atom is 0.344 e. The molecule has 5 nitrogen and oxygen atoms in total. The summed E-state index contributed by atoms with van der Waals surface area (Å²) in [7, 11) is 0. The van der Waals surface area contributed by atoms with Gasteiger partial charge in [0.05, 0.1) is 13.2 Å². The molecule has 1 fully saturated rings. The van der Waals surface area contributed by atoms with E-state index in [4.69, 9.17) is 22.2 Å². The minimum absolute atomic E-state index is 0.580. The molecule has 2 amide bonds. The maximum absolute atomic E-state index is 10.5. The molecule has 2 N–H and O–H groups in total. The second-order valence-corrected chi connectivity index (χ2v) is 2.48. The molecule has 0 aromatic heterocycles. The fraction of sp³-hybridized carbons (Fsp3) is 0.800. The van der Waals surface area contributed by atoms with Crippen LogP contribution in [0.4, 0.5) is 4.79 Å². The Balaban J connectivity index is 2.38. The van der Waals surface area contributed by atoms with Gasteiger partial charge in [-0.3, -0.25) is 0 Å². The molecule has 1 heterocycles. The highest BCUT2D eigenvalue weighted by Gasteiger charge is 2.19. The Kier molecular flexibility index (Phi) is 2.92. The molecular formula is C5H10ClN3O2. The number of morpholine rings is 1. The van der Waals surface area contributed by atoms with Crippen LogP contribution in [-0.2, 0) is 4.74 Å². The number of primary amides is 1. The smallest absolute Gasteiger partial charge is 0.344 e. The summed E-state index contributed by atoms with van der Waals surface area (Å²) in [6.45, 7) is 2.37. The van der Waals surface area contributed by atoms with Gasteiger partial charge in [-0.1, -0.05) is 0 Å². The lowest BCUT2D eigenvalue weighted by molar-refractivity contribution is -0.0218. The maximum atomic E-state index is 10.5. The third-order valence-electron chi connectivity index (χ3n) is 1.42. The number of nitrogens with two attached hydrogens (primary N) is 1. The van der Waals surface area contributed by atoms with Crippen LogP contribution < -0.4 is 5.73 Å². The molecule has 0 radical (unpaired) electrons. The van der Waals surface area contributed by atoms with E-state index in [0.29, 0.717) is 26.3 Å². The Bertz CT molecular complexity index is 149. The number of hydrogen-bond acceptors (Lipinski definition) is 3. The van der Waals surface area contributed by atoms with Crippen molar-refractivity contribution < 1.29 is 9.53 Å². The molecule has 0 saturated carbocycles. The van der Waals surface area contributed by atoms with Gasteiger partial charge >= 0.3 is 6.03 Å². The number of nitrogens with zero attached hydrogens (tertiary/aromatic N) is 2. The van der Waals surface area contributed by atoms with E-state index in [1.54, 1.807) is 5.01 Å². The van der Waals surface area contributed by atoms with E-state index in [0.717, 1.165) is 4.53 Å². The van der Waals surface area contributed by atoms with E-state index in [1.807, 2.05) is 0 Å². The van der Waals surface area contributed by atoms with E-state index in [9.17, 15) is 4.79 Å². The van der Waals surface area contributed by atoms with Gasteiger partial charge in [-0.05, 0) is 0 Å². The molecule has 0 aliphatic carbocycles. The van der Waals surface area contributed by atoms with Crippen LogP contribution in [0.2, 0.25) is 0 Å². The monoisotopic (exact) mass is 179 g/mol. The quantitative estimate of drug-likeness (QED) is 0.566. The van der Waals surface area contributed by atoms with Crippen molar-refractivity contribution in [2.45, 2.75) is 0 Å². The number of ether oxygens (including phenoxy) is 1. The lowest BCUT2D eigenvalue weighted by Gasteiger charge is -2.30. The van der Waals surface area contributed by atoms with Gasteiger partial charge in [0, 0.05) is 24.9 Å². The van der Waals surface area contributed by atoms with Crippen LogP contribution in [0, 0.1) is 0 Å². The highest BCUT2D eigenvalue weighted by atomic mass is 35.5. The summed E-state index contributed by atoms with van der Waals surface area (Å²) in [4.78, 5) is 10.5. The normalized spacial score (nSPS) is 19.7. The van der Waals surface area contributed by atoms with Crippen LogP contribution in [-0.4, -0.2) is 41.9 Å². The molecule has 0 unspecified atom stereocenters. The average molecular weight is 180 g/mol. The van der Waals surface area contributed by atoms with Crippen molar-refractivity contribution in [3.05, 3.63) is 0 Å². The number of carbonyl (C=O) groups excluding carboxylic acids is 1. The summed E-state index contributed by atoms with van der Waals surface area (Å²) < 4.78 is 5.94. The van der Waals surface area contributed by atoms with Crippen LogP contribution in [0.1, 0.15) is 0 Å². The Morgan fingerprint density at radius 3 is 2.55 bits per heavy atom. The standard InChI is InChI=1S/C5H10ClN3O2/c6-9(5(7)10)8-1-3-11-4-2-8/h1-4H2,(H2,7,10). The Morgan fingerprint density at radius 2 is 2.09 bits per heavy atom. The molecule has 1 aliphatic heterocycles. The minimum Gasteiger partial charge on any atom is -0.379 e. The first-order valence-corrected chi connectivity index (χ1v) is 3.63. The number of rotatable bonds is 1. The molecule has 0 spiro atoms. The molecule has 1 saturated heterocycles. The van der Waals surface area contributed by atoms with Gasteiger partial charge in [0.2, 0.25) is 0 Å². The molecule has 11 heavy (non-hydrogen) atoms. The lowest BCUT2D eigenvalue weighted by Crippen LogP contribution is -2.48. The Hall–Kier alpha value is -0.520. The lowest BCUT2D eigenvalue weighted by atomic mass is 10.5. The van der Waals surface area contributed by atoms with Crippen LogP contribution in [0.5, 0.6) is 0 Å². The SMILES string of the molecule is NC(=O)N(Cl)N1CCOCC1. The van der Waals surface area contributed by atoms with Crippen molar-refractivity contribution in [3.8, 4) is 0 Å². The van der Waals surface area contributed by atoms with E-state index in [2.05, 4.69) is 0 Å². The molecular weight excluding hydrogens is 170 g/mol. The topological polar surface area (TPSA) is 58.8 Å². The van der Waals surface area contributed by atoms with Crippen molar-refractivity contribution in [1.29, 1.82) is 0 Å². The number of hydrogen-bond donors (Lipinski definition) is 1. The molecule has 0 aromatic carbocycles. The highest BCUT2D eigenvalue weighted by Crippen LogP contribution is 2.04. The van der Waals surface area contributed by atoms with Crippen LogP contribution in [0.15, 0.2) is 0 Å². The Morgan fingerprint density at radius 1 is 1.55 bits per heavy atom. The second kappa shape index (κ2) is 3.75. The number of amides is 2. The minimum atomic E-state index is -0.659.